The molecule has 3 N–H and O–H groups in total. The molecule has 0 spiro atoms. The lowest BCUT2D eigenvalue weighted by molar-refractivity contribution is -0.145. The first kappa shape index (κ1) is 34.8. The first-order valence-electron chi connectivity index (χ1n) is 16.6. The van der Waals surface area contributed by atoms with E-state index in [2.05, 4.69) is 15.6 Å². The summed E-state index contributed by atoms with van der Waals surface area (Å²) in [6, 6.07) is 5.03. The number of carboxylic acid groups (broad SMARTS) is 1. The van der Waals surface area contributed by atoms with Crippen molar-refractivity contribution in [2.45, 2.75) is 102 Å². The quantitative estimate of drug-likeness (QED) is 0.362. The molecule has 48 heavy (non-hydrogen) atoms. The van der Waals surface area contributed by atoms with Crippen molar-refractivity contribution in [1.29, 1.82) is 0 Å². The molecule has 1 saturated heterocycles. The Labute approximate surface area is 280 Å². The van der Waals surface area contributed by atoms with E-state index in [-0.39, 0.29) is 25.3 Å². The number of ether oxygens (including phenoxy) is 4. The average Bonchev–Trinajstić information content (AvgIpc) is 3.55. The summed E-state index contributed by atoms with van der Waals surface area (Å²) in [6.45, 7) is 7.46. The number of aliphatic carboxylic acids is 1. The molecular weight excluding hydrogens is 620 g/mol. The number of pyridine rings is 1. The fourth-order valence-corrected chi connectivity index (χ4v) is 6.38. The predicted octanol–water partition coefficient (Wildman–Crippen LogP) is 4.36. The molecule has 1 saturated carbocycles. The number of rotatable bonds is 7. The van der Waals surface area contributed by atoms with Crippen LogP contribution in [0.3, 0.4) is 0 Å². The largest absolute Gasteiger partial charge is 0.497 e. The van der Waals surface area contributed by atoms with Gasteiger partial charge in [-0.05, 0) is 65.5 Å². The van der Waals surface area contributed by atoms with Crippen LogP contribution in [0.1, 0.15) is 72.6 Å². The molecular formula is C35H46N4O9. The molecule has 0 radical (unpaired) electrons. The maximum Gasteiger partial charge on any atom is 0.408 e. The summed E-state index contributed by atoms with van der Waals surface area (Å²) in [6.07, 6.45) is 6.17. The van der Waals surface area contributed by atoms with E-state index in [0.717, 1.165) is 19.3 Å². The molecule has 1 aromatic carbocycles. The summed E-state index contributed by atoms with van der Waals surface area (Å²) < 4.78 is 23.0. The first-order valence-corrected chi connectivity index (χ1v) is 16.6. The topological polar surface area (TPSA) is 166 Å². The number of alkyl carbamates (subject to hydrolysis) is 1. The van der Waals surface area contributed by atoms with Crippen LogP contribution in [0.15, 0.2) is 36.4 Å². The molecule has 1 aromatic heterocycles. The van der Waals surface area contributed by atoms with Crippen LogP contribution in [-0.4, -0.2) is 88.5 Å². The number of allylic oxidation sites excluding steroid dienone is 1. The van der Waals surface area contributed by atoms with Gasteiger partial charge < -0.3 is 39.6 Å². The van der Waals surface area contributed by atoms with E-state index in [1.807, 2.05) is 25.1 Å². The van der Waals surface area contributed by atoms with Crippen molar-refractivity contribution in [3.63, 3.8) is 0 Å². The van der Waals surface area contributed by atoms with Crippen molar-refractivity contribution in [3.05, 3.63) is 36.4 Å². The second kappa shape index (κ2) is 14.3. The number of carboxylic acids is 1. The molecule has 2 aromatic rings. The van der Waals surface area contributed by atoms with Gasteiger partial charge in [0.1, 0.15) is 40.8 Å². The van der Waals surface area contributed by atoms with Crippen LogP contribution in [0.25, 0.3) is 10.9 Å². The molecule has 5 atom stereocenters. The van der Waals surface area contributed by atoms with Crippen LogP contribution in [0.5, 0.6) is 17.4 Å². The van der Waals surface area contributed by atoms with Gasteiger partial charge in [0, 0.05) is 29.9 Å². The Hall–Kier alpha value is -4.55. The average molecular weight is 667 g/mol. The Balaban J connectivity index is 1.47. The smallest absolute Gasteiger partial charge is 0.408 e. The Bertz CT molecular complexity index is 1570. The Morgan fingerprint density at radius 1 is 1.17 bits per heavy atom. The van der Waals surface area contributed by atoms with E-state index in [0.29, 0.717) is 47.7 Å². The first-order chi connectivity index (χ1) is 22.8. The van der Waals surface area contributed by atoms with E-state index in [1.54, 1.807) is 46.1 Å². The lowest BCUT2D eigenvalue weighted by Gasteiger charge is -2.30. The minimum Gasteiger partial charge on any atom is -0.497 e. The zero-order chi connectivity index (χ0) is 34.6. The van der Waals surface area contributed by atoms with Gasteiger partial charge in [-0.1, -0.05) is 25.0 Å². The zero-order valence-corrected chi connectivity index (χ0v) is 28.2. The van der Waals surface area contributed by atoms with Gasteiger partial charge >= 0.3 is 12.1 Å². The second-order valence-corrected chi connectivity index (χ2v) is 13.6. The van der Waals surface area contributed by atoms with Crippen LogP contribution in [-0.2, 0) is 19.1 Å². The normalized spacial score (nSPS) is 27.0. The van der Waals surface area contributed by atoms with Gasteiger partial charge in [-0.3, -0.25) is 9.59 Å². The zero-order valence-electron chi connectivity index (χ0n) is 28.2. The molecule has 1 aliphatic carbocycles. The number of carbonyl (C=O) groups excluding carboxylic acids is 3. The Morgan fingerprint density at radius 3 is 2.67 bits per heavy atom. The summed E-state index contributed by atoms with van der Waals surface area (Å²) in [5, 5.41) is 16.3. The van der Waals surface area contributed by atoms with Crippen LogP contribution < -0.4 is 24.8 Å². The molecule has 2 aliphatic heterocycles. The Morgan fingerprint density at radius 2 is 1.96 bits per heavy atom. The molecule has 5 rings (SSSR count). The summed E-state index contributed by atoms with van der Waals surface area (Å²) in [7, 11) is 1.56. The van der Waals surface area contributed by atoms with Crippen LogP contribution in [0, 0.1) is 5.92 Å². The molecule has 13 nitrogen and oxygen atoms in total. The highest BCUT2D eigenvalue weighted by Gasteiger charge is 2.61. The van der Waals surface area contributed by atoms with E-state index in [4.69, 9.17) is 18.9 Å². The maximum atomic E-state index is 14.3. The second-order valence-electron chi connectivity index (χ2n) is 13.6. The van der Waals surface area contributed by atoms with Gasteiger partial charge in [-0.25, -0.2) is 14.6 Å². The molecule has 4 unspecified atom stereocenters. The number of hydrogen-bond donors (Lipinski definition) is 3. The van der Waals surface area contributed by atoms with Gasteiger partial charge in [-0.15, -0.1) is 0 Å². The number of aromatic nitrogens is 1. The molecule has 13 heteroatoms. The van der Waals surface area contributed by atoms with Crippen molar-refractivity contribution in [1.82, 2.24) is 20.5 Å². The highest BCUT2D eigenvalue weighted by atomic mass is 16.6. The highest BCUT2D eigenvalue weighted by molar-refractivity contribution is 5.96. The van der Waals surface area contributed by atoms with Crippen molar-refractivity contribution in [2.24, 2.45) is 5.92 Å². The summed E-state index contributed by atoms with van der Waals surface area (Å²) in [5.41, 5.74) is -1.64. The van der Waals surface area contributed by atoms with Gasteiger partial charge in [-0.2, -0.15) is 0 Å². The van der Waals surface area contributed by atoms with E-state index in [9.17, 15) is 24.3 Å². The molecule has 0 bridgehead atoms. The number of methoxy groups -OCH3 is 1. The minimum absolute atomic E-state index is 0.0246. The number of nitrogens with zero attached hydrogens (tertiary/aromatic N) is 2. The third-order valence-electron chi connectivity index (χ3n) is 8.85. The number of nitrogens with one attached hydrogen (secondary N) is 2. The third-order valence-corrected chi connectivity index (χ3v) is 8.85. The molecule has 260 valence electrons. The van der Waals surface area contributed by atoms with Crippen molar-refractivity contribution >= 4 is 34.8 Å². The standard InChI is InChI=1S/C35H46N4O9/c1-6-46-29-18-28(24-15-14-22(45-5)16-26(24)36-29)47-23-17-27-30(40)38-35(32(42)43)19-21(35)12-10-8-7-9-11-13-25(31(41)39(27)20-23)37-33(44)48-34(2,3)4/h10,12,14-16,18,21,23,25,27H,6-9,11,13,17,19-20H2,1-5H3,(H,37,44)(H,38,40)(H,42,43)/b12-10-/t21?,23-,25?,27?,35?/m1/s1. The van der Waals surface area contributed by atoms with Crippen molar-refractivity contribution < 1.29 is 43.2 Å². The van der Waals surface area contributed by atoms with Gasteiger partial charge in [0.2, 0.25) is 17.7 Å². The lowest BCUT2D eigenvalue weighted by atomic mass is 10.0. The van der Waals surface area contributed by atoms with Crippen molar-refractivity contribution in [2.75, 3.05) is 20.3 Å². The van der Waals surface area contributed by atoms with E-state index in [1.165, 1.54) is 4.90 Å². The fourth-order valence-electron chi connectivity index (χ4n) is 6.38. The van der Waals surface area contributed by atoms with Gasteiger partial charge in [0.15, 0.2) is 0 Å². The monoisotopic (exact) mass is 666 g/mol. The number of amides is 3. The predicted molar refractivity (Wildman–Crippen MR) is 176 cm³/mol. The van der Waals surface area contributed by atoms with Crippen LogP contribution in [0.4, 0.5) is 4.79 Å². The fraction of sp³-hybridized carbons (Fsp3) is 0.571. The van der Waals surface area contributed by atoms with Crippen LogP contribution in [0.2, 0.25) is 0 Å². The lowest BCUT2D eigenvalue weighted by Crippen LogP contribution is -2.56. The number of benzene rings is 1. The third kappa shape index (κ3) is 7.94. The number of fused-ring (bicyclic) bond motifs is 3. The summed E-state index contributed by atoms with van der Waals surface area (Å²) >= 11 is 0. The Kier molecular flexibility index (Phi) is 10.4. The SMILES string of the molecule is CCOc1cc(O[C@@H]2CC3C(=O)NC4(C(=O)O)CC4/C=C\CCCCCC(NC(=O)OC(C)(C)C)C(=O)N3C2)c2ccc(OC)cc2n1. The van der Waals surface area contributed by atoms with Gasteiger partial charge in [0.25, 0.3) is 0 Å². The summed E-state index contributed by atoms with van der Waals surface area (Å²) in [4.78, 5) is 59.5. The number of carbonyl (C=O) groups is 4. The van der Waals surface area contributed by atoms with E-state index < -0.39 is 53.2 Å². The molecule has 2 fully saturated rings. The van der Waals surface area contributed by atoms with Crippen LogP contribution >= 0.6 is 0 Å². The summed E-state index contributed by atoms with van der Waals surface area (Å²) in [5.74, 6) is -1.12. The van der Waals surface area contributed by atoms with E-state index >= 15 is 0 Å². The maximum absolute atomic E-state index is 14.3. The van der Waals surface area contributed by atoms with Crippen molar-refractivity contribution in [3.8, 4) is 17.4 Å². The molecule has 3 amide bonds. The van der Waals surface area contributed by atoms with Gasteiger partial charge in [0.05, 0.1) is 25.8 Å². The molecule has 3 aliphatic rings. The molecule has 3 heterocycles. The number of hydrogen-bond acceptors (Lipinski definition) is 9. The minimum atomic E-state index is -1.44. The highest BCUT2D eigenvalue weighted by Crippen LogP contribution is 2.45.